The van der Waals surface area contributed by atoms with E-state index in [0.29, 0.717) is 17.8 Å². The van der Waals surface area contributed by atoms with Crippen molar-refractivity contribution in [3.8, 4) is 5.69 Å². The van der Waals surface area contributed by atoms with Crippen molar-refractivity contribution in [3.63, 3.8) is 0 Å². The van der Waals surface area contributed by atoms with Crippen molar-refractivity contribution < 1.29 is 9.18 Å². The van der Waals surface area contributed by atoms with Gasteiger partial charge in [0, 0.05) is 12.2 Å². The lowest BCUT2D eigenvalue weighted by atomic mass is 10.1. The zero-order valence-electron chi connectivity index (χ0n) is 15.6. The van der Waals surface area contributed by atoms with E-state index in [1.165, 1.54) is 12.1 Å². The lowest BCUT2D eigenvalue weighted by Gasteiger charge is -2.09. The van der Waals surface area contributed by atoms with Crippen molar-refractivity contribution in [2.75, 3.05) is 0 Å². The van der Waals surface area contributed by atoms with Gasteiger partial charge in [0.2, 0.25) is 0 Å². The van der Waals surface area contributed by atoms with Crippen molar-refractivity contribution in [3.05, 3.63) is 89.0 Å². The summed E-state index contributed by atoms with van der Waals surface area (Å²) in [5.74, 6) is -0.513. The van der Waals surface area contributed by atoms with Gasteiger partial charge in [0.05, 0.1) is 22.3 Å². The molecular weight excluding hydrogens is 355 g/mol. The molecule has 0 spiro atoms. The van der Waals surface area contributed by atoms with E-state index < -0.39 is 0 Å². The molecule has 0 radical (unpaired) electrons. The third-order valence-electron chi connectivity index (χ3n) is 4.55. The van der Waals surface area contributed by atoms with Crippen LogP contribution in [-0.2, 0) is 6.54 Å². The highest BCUT2D eigenvalue weighted by atomic mass is 19.1. The minimum Gasteiger partial charge on any atom is -0.348 e. The van der Waals surface area contributed by atoms with Gasteiger partial charge in [-0.25, -0.2) is 14.1 Å². The quantitative estimate of drug-likeness (QED) is 0.585. The van der Waals surface area contributed by atoms with Crippen LogP contribution in [0, 0.1) is 19.7 Å². The molecule has 1 amide bonds. The van der Waals surface area contributed by atoms with E-state index in [2.05, 4.69) is 15.4 Å². The van der Waals surface area contributed by atoms with Gasteiger partial charge < -0.3 is 5.32 Å². The van der Waals surface area contributed by atoms with Crippen molar-refractivity contribution in [1.29, 1.82) is 0 Å². The van der Waals surface area contributed by atoms with Crippen LogP contribution in [-0.4, -0.2) is 20.7 Å². The largest absolute Gasteiger partial charge is 0.348 e. The lowest BCUT2D eigenvalue weighted by Crippen LogP contribution is -2.23. The smallest absolute Gasteiger partial charge is 0.252 e. The topological polar surface area (TPSA) is 59.8 Å². The summed E-state index contributed by atoms with van der Waals surface area (Å²) in [5, 5.41) is 8.24. The van der Waals surface area contributed by atoms with Gasteiger partial charge in [-0.05, 0) is 49.7 Å². The number of benzene rings is 2. The Bertz CT molecular complexity index is 1150. The van der Waals surface area contributed by atoms with E-state index in [9.17, 15) is 9.18 Å². The number of rotatable bonds is 4. The maximum atomic E-state index is 13.1. The van der Waals surface area contributed by atoms with Gasteiger partial charge in [-0.15, -0.1) is 0 Å². The summed E-state index contributed by atoms with van der Waals surface area (Å²) in [5.41, 5.74) is 4.36. The summed E-state index contributed by atoms with van der Waals surface area (Å²) in [7, 11) is 0. The zero-order valence-corrected chi connectivity index (χ0v) is 15.6. The van der Waals surface area contributed by atoms with E-state index in [1.54, 1.807) is 22.9 Å². The lowest BCUT2D eigenvalue weighted by molar-refractivity contribution is 0.0952. The van der Waals surface area contributed by atoms with Crippen LogP contribution in [0.5, 0.6) is 0 Å². The predicted molar refractivity (Wildman–Crippen MR) is 106 cm³/mol. The molecule has 2 aromatic heterocycles. The second-order valence-corrected chi connectivity index (χ2v) is 6.65. The van der Waals surface area contributed by atoms with Gasteiger partial charge in [-0.1, -0.05) is 30.3 Å². The average molecular weight is 374 g/mol. The van der Waals surface area contributed by atoms with Crippen molar-refractivity contribution in [2.24, 2.45) is 0 Å². The number of para-hydroxylation sites is 1. The Labute approximate surface area is 161 Å². The summed E-state index contributed by atoms with van der Waals surface area (Å²) < 4.78 is 14.8. The molecule has 2 heterocycles. The van der Waals surface area contributed by atoms with E-state index in [0.717, 1.165) is 28.0 Å². The molecule has 2 aromatic carbocycles. The number of amides is 1. The predicted octanol–water partition coefficient (Wildman–Crippen LogP) is 4.11. The normalized spacial score (nSPS) is 11.0. The molecule has 0 aliphatic carbocycles. The Hall–Kier alpha value is -3.54. The molecular formula is C22H19FN4O. The molecule has 4 rings (SSSR count). The highest BCUT2D eigenvalue weighted by Gasteiger charge is 2.19. The number of aryl methyl sites for hydroxylation is 2. The van der Waals surface area contributed by atoms with Crippen LogP contribution >= 0.6 is 0 Å². The molecule has 140 valence electrons. The fraction of sp³-hybridized carbons (Fsp3) is 0.136. The third kappa shape index (κ3) is 3.36. The zero-order chi connectivity index (χ0) is 19.7. The Kier molecular flexibility index (Phi) is 4.61. The molecule has 1 N–H and O–H groups in total. The second-order valence-electron chi connectivity index (χ2n) is 6.65. The monoisotopic (exact) mass is 374 g/mol. The molecule has 0 bridgehead atoms. The first-order valence-electron chi connectivity index (χ1n) is 8.98. The Morgan fingerprint density at radius 3 is 2.50 bits per heavy atom. The number of nitrogens with zero attached hydrogens (tertiary/aromatic N) is 3. The molecule has 0 aliphatic heterocycles. The number of hydrogen-bond acceptors (Lipinski definition) is 3. The number of carbonyl (C=O) groups is 1. The Morgan fingerprint density at radius 1 is 1.07 bits per heavy atom. The molecule has 0 unspecified atom stereocenters. The van der Waals surface area contributed by atoms with Crippen LogP contribution in [0.1, 0.15) is 27.3 Å². The van der Waals surface area contributed by atoms with Gasteiger partial charge in [0.15, 0.2) is 5.65 Å². The van der Waals surface area contributed by atoms with Crippen LogP contribution in [0.15, 0.2) is 60.7 Å². The molecule has 0 saturated carbocycles. The summed E-state index contributed by atoms with van der Waals surface area (Å²) in [6, 6.07) is 17.5. The molecule has 0 atom stereocenters. The van der Waals surface area contributed by atoms with Crippen LogP contribution in [0.2, 0.25) is 0 Å². The second kappa shape index (κ2) is 7.23. The van der Waals surface area contributed by atoms with Crippen molar-refractivity contribution >= 4 is 16.9 Å². The van der Waals surface area contributed by atoms with Crippen LogP contribution < -0.4 is 5.32 Å². The highest BCUT2D eigenvalue weighted by Crippen LogP contribution is 2.25. The summed E-state index contributed by atoms with van der Waals surface area (Å²) in [6.07, 6.45) is 0. The number of aromatic nitrogens is 3. The molecule has 28 heavy (non-hydrogen) atoms. The molecule has 0 aliphatic rings. The van der Waals surface area contributed by atoms with Crippen LogP contribution in [0.25, 0.3) is 16.7 Å². The number of carbonyl (C=O) groups excluding carboxylic acids is 1. The number of hydrogen-bond donors (Lipinski definition) is 1. The number of pyridine rings is 1. The van der Waals surface area contributed by atoms with Crippen LogP contribution in [0.4, 0.5) is 4.39 Å². The Balaban J connectivity index is 1.71. The standard InChI is InChI=1S/C22H19FN4O/c1-14-12-19(22(28)24-13-16-8-10-17(23)11-9-16)20-15(2)26-27(21(20)25-14)18-6-4-3-5-7-18/h3-12H,13H2,1-2H3,(H,24,28). The van der Waals surface area contributed by atoms with Crippen molar-refractivity contribution in [1.82, 2.24) is 20.1 Å². The van der Waals surface area contributed by atoms with Gasteiger partial charge in [0.25, 0.3) is 5.91 Å². The summed E-state index contributed by atoms with van der Waals surface area (Å²) in [4.78, 5) is 17.5. The number of halogens is 1. The molecule has 6 heteroatoms. The highest BCUT2D eigenvalue weighted by molar-refractivity contribution is 6.06. The maximum absolute atomic E-state index is 13.1. The van der Waals surface area contributed by atoms with Gasteiger partial charge >= 0.3 is 0 Å². The van der Waals surface area contributed by atoms with Crippen LogP contribution in [0.3, 0.4) is 0 Å². The Morgan fingerprint density at radius 2 is 1.79 bits per heavy atom. The number of nitrogens with one attached hydrogen (secondary N) is 1. The third-order valence-corrected chi connectivity index (χ3v) is 4.55. The van der Waals surface area contributed by atoms with Crippen molar-refractivity contribution in [2.45, 2.75) is 20.4 Å². The first-order chi connectivity index (χ1) is 13.5. The minimum atomic E-state index is -0.300. The van der Waals surface area contributed by atoms with E-state index in [-0.39, 0.29) is 11.7 Å². The fourth-order valence-electron chi connectivity index (χ4n) is 3.22. The van der Waals surface area contributed by atoms with Gasteiger partial charge in [0.1, 0.15) is 5.82 Å². The summed E-state index contributed by atoms with van der Waals surface area (Å²) >= 11 is 0. The molecule has 0 saturated heterocycles. The minimum absolute atomic E-state index is 0.212. The van der Waals surface area contributed by atoms with E-state index in [1.807, 2.05) is 44.2 Å². The first-order valence-corrected chi connectivity index (χ1v) is 8.98. The fourth-order valence-corrected chi connectivity index (χ4v) is 3.22. The molecule has 5 nitrogen and oxygen atoms in total. The first kappa shape index (κ1) is 17.9. The van der Waals surface area contributed by atoms with E-state index in [4.69, 9.17) is 0 Å². The average Bonchev–Trinajstić information content (AvgIpc) is 3.03. The maximum Gasteiger partial charge on any atom is 0.252 e. The number of fused-ring (bicyclic) bond motifs is 1. The SMILES string of the molecule is Cc1cc(C(=O)NCc2ccc(F)cc2)c2c(C)nn(-c3ccccc3)c2n1. The van der Waals surface area contributed by atoms with E-state index >= 15 is 0 Å². The summed E-state index contributed by atoms with van der Waals surface area (Å²) in [6.45, 7) is 4.04. The molecule has 4 aromatic rings. The van der Waals surface area contributed by atoms with Gasteiger partial charge in [-0.3, -0.25) is 4.79 Å². The molecule has 0 fully saturated rings. The van der Waals surface area contributed by atoms with Gasteiger partial charge in [-0.2, -0.15) is 5.10 Å².